The second-order valence-corrected chi connectivity index (χ2v) is 9.49. The predicted octanol–water partition coefficient (Wildman–Crippen LogP) is 5.89. The summed E-state index contributed by atoms with van der Waals surface area (Å²) in [6.07, 6.45) is 12.6. The van der Waals surface area contributed by atoms with E-state index in [0.29, 0.717) is 12.1 Å². The minimum absolute atomic E-state index is 0.0982. The summed E-state index contributed by atoms with van der Waals surface area (Å²) in [5.74, 6) is -1.19. The zero-order valence-electron chi connectivity index (χ0n) is 22.2. The first-order valence-electron chi connectivity index (χ1n) is 13.7. The normalized spacial score (nSPS) is 12.0. The van der Waals surface area contributed by atoms with Gasteiger partial charge in [0.15, 0.2) is 6.61 Å². The number of benzene rings is 2. The van der Waals surface area contributed by atoms with Crippen LogP contribution in [-0.4, -0.2) is 46.9 Å². The third-order valence-electron chi connectivity index (χ3n) is 6.43. The van der Waals surface area contributed by atoms with Crippen molar-refractivity contribution in [2.45, 2.75) is 83.7 Å². The first kappa shape index (κ1) is 30.5. The summed E-state index contributed by atoms with van der Waals surface area (Å²) in [4.78, 5) is 29.1. The summed E-state index contributed by atoms with van der Waals surface area (Å²) < 4.78 is 0. The third-order valence-corrected chi connectivity index (χ3v) is 6.43. The van der Waals surface area contributed by atoms with Gasteiger partial charge >= 0.3 is 5.97 Å². The minimum Gasteiger partial charge on any atom is -0.479 e. The second-order valence-electron chi connectivity index (χ2n) is 9.49. The maximum absolute atomic E-state index is 12.5. The van der Waals surface area contributed by atoms with Crippen LogP contribution in [-0.2, 0) is 16.2 Å². The van der Waals surface area contributed by atoms with Crippen LogP contribution >= 0.6 is 0 Å². The molecule has 1 amide bonds. The van der Waals surface area contributed by atoms with Crippen LogP contribution in [0.3, 0.4) is 0 Å². The molecule has 0 aliphatic carbocycles. The summed E-state index contributed by atoms with van der Waals surface area (Å²) >= 11 is 0. The van der Waals surface area contributed by atoms with Crippen LogP contribution in [0.1, 0.15) is 98.7 Å². The van der Waals surface area contributed by atoms with Crippen molar-refractivity contribution in [3.8, 4) is 0 Å². The molecule has 7 heteroatoms. The lowest BCUT2D eigenvalue weighted by Gasteiger charge is -2.29. The van der Waals surface area contributed by atoms with E-state index in [-0.39, 0.29) is 19.1 Å². The van der Waals surface area contributed by atoms with Gasteiger partial charge in [-0.05, 0) is 29.7 Å². The lowest BCUT2D eigenvalue weighted by Crippen LogP contribution is -2.33. The van der Waals surface area contributed by atoms with E-state index < -0.39 is 18.6 Å². The van der Waals surface area contributed by atoms with Crippen molar-refractivity contribution >= 4 is 11.9 Å². The number of carbonyl (C=O) groups is 2. The molecular formula is C30H44N2O5. The predicted molar refractivity (Wildman–Crippen MR) is 146 cm³/mol. The van der Waals surface area contributed by atoms with Gasteiger partial charge < -0.3 is 15.5 Å². The topological polar surface area (TPSA) is 99.1 Å². The number of aliphatic carboxylic acids is 1. The summed E-state index contributed by atoms with van der Waals surface area (Å²) in [6, 6.07) is 16.0. The van der Waals surface area contributed by atoms with Gasteiger partial charge in [0.05, 0.1) is 12.6 Å². The lowest BCUT2D eigenvalue weighted by atomic mass is 10.1. The van der Waals surface area contributed by atoms with Gasteiger partial charge in [-0.2, -0.15) is 5.06 Å². The van der Waals surface area contributed by atoms with E-state index in [1.54, 1.807) is 12.1 Å². The van der Waals surface area contributed by atoms with E-state index in [9.17, 15) is 14.7 Å². The van der Waals surface area contributed by atoms with Crippen LogP contribution in [0.15, 0.2) is 54.6 Å². The Balaban J connectivity index is 1.78. The number of hydroxylamine groups is 2. The number of hydrogen-bond acceptors (Lipinski definition) is 5. The largest absolute Gasteiger partial charge is 0.479 e. The molecule has 0 spiro atoms. The molecule has 0 saturated carbocycles. The van der Waals surface area contributed by atoms with E-state index in [4.69, 9.17) is 9.94 Å². The Kier molecular flexibility index (Phi) is 15.2. The molecule has 0 aromatic heterocycles. The Bertz CT molecular complexity index is 889. The molecule has 0 bridgehead atoms. The average molecular weight is 513 g/mol. The molecule has 1 unspecified atom stereocenters. The minimum atomic E-state index is -1.09. The summed E-state index contributed by atoms with van der Waals surface area (Å²) in [6.45, 7) is 2.42. The van der Waals surface area contributed by atoms with Gasteiger partial charge in [0.1, 0.15) is 0 Å². The van der Waals surface area contributed by atoms with Gasteiger partial charge in [-0.25, -0.2) is 4.79 Å². The molecule has 0 radical (unpaired) electrons. The Labute approximate surface area is 221 Å². The molecule has 0 fully saturated rings. The second kappa shape index (κ2) is 18.5. The van der Waals surface area contributed by atoms with E-state index in [0.717, 1.165) is 24.0 Å². The van der Waals surface area contributed by atoms with Crippen LogP contribution in [0, 0.1) is 0 Å². The van der Waals surface area contributed by atoms with E-state index >= 15 is 0 Å². The number of nitrogens with zero attached hydrogens (tertiary/aromatic N) is 1. The number of carboxylic acids is 1. The summed E-state index contributed by atoms with van der Waals surface area (Å²) in [7, 11) is 0. The fourth-order valence-electron chi connectivity index (χ4n) is 4.28. The number of amides is 1. The van der Waals surface area contributed by atoms with Crippen molar-refractivity contribution in [1.29, 1.82) is 0 Å². The Morgan fingerprint density at radius 3 is 2.03 bits per heavy atom. The Morgan fingerprint density at radius 1 is 0.865 bits per heavy atom. The highest BCUT2D eigenvalue weighted by atomic mass is 16.7. The third kappa shape index (κ3) is 12.4. The fourth-order valence-corrected chi connectivity index (χ4v) is 4.28. The Morgan fingerprint density at radius 2 is 1.46 bits per heavy atom. The zero-order valence-corrected chi connectivity index (χ0v) is 22.2. The number of carbonyl (C=O) groups excluding carboxylic acids is 1. The van der Waals surface area contributed by atoms with Gasteiger partial charge in [0.2, 0.25) is 0 Å². The van der Waals surface area contributed by atoms with Crippen molar-refractivity contribution in [3.63, 3.8) is 0 Å². The molecule has 2 aromatic rings. The number of aliphatic hydroxyl groups is 1. The molecule has 0 aliphatic heterocycles. The first-order chi connectivity index (χ1) is 18.0. The smallest absolute Gasteiger partial charge is 0.331 e. The fraction of sp³-hybridized carbons (Fsp3) is 0.533. The molecule has 0 aliphatic rings. The number of unbranched alkanes of at least 4 members (excludes halogenated alkanes) is 9. The maximum atomic E-state index is 12.5. The molecule has 3 N–H and O–H groups in total. The molecule has 2 rings (SSSR count). The van der Waals surface area contributed by atoms with Crippen molar-refractivity contribution in [2.24, 2.45) is 0 Å². The number of aliphatic hydroxyl groups excluding tert-OH is 1. The van der Waals surface area contributed by atoms with Crippen molar-refractivity contribution in [3.05, 3.63) is 71.3 Å². The number of nitrogens with one attached hydrogen (secondary N) is 1. The quantitative estimate of drug-likeness (QED) is 0.151. The zero-order chi connectivity index (χ0) is 26.7. The van der Waals surface area contributed by atoms with Crippen LogP contribution in [0.2, 0.25) is 0 Å². The molecule has 1 atom stereocenters. The van der Waals surface area contributed by atoms with E-state index in [2.05, 4.69) is 12.2 Å². The molecule has 2 aromatic carbocycles. The van der Waals surface area contributed by atoms with E-state index in [1.165, 1.54) is 56.4 Å². The van der Waals surface area contributed by atoms with Gasteiger partial charge in [-0.3, -0.25) is 9.63 Å². The van der Waals surface area contributed by atoms with Gasteiger partial charge in [0, 0.05) is 18.7 Å². The van der Waals surface area contributed by atoms with E-state index in [1.807, 2.05) is 42.5 Å². The molecule has 204 valence electrons. The number of carboxylic acid groups (broad SMARTS) is 1. The van der Waals surface area contributed by atoms with Crippen LogP contribution in [0.4, 0.5) is 0 Å². The van der Waals surface area contributed by atoms with Crippen LogP contribution in [0.5, 0.6) is 0 Å². The molecule has 37 heavy (non-hydrogen) atoms. The monoisotopic (exact) mass is 512 g/mol. The SMILES string of the molecule is CCCCCCCCCCCCNC(=O)c1ccc(CN(OCC(=O)O)C(CO)c2ccccc2)cc1. The average Bonchev–Trinajstić information content (AvgIpc) is 2.91. The molecule has 0 heterocycles. The van der Waals surface area contributed by atoms with Gasteiger partial charge in [0.25, 0.3) is 5.91 Å². The highest BCUT2D eigenvalue weighted by molar-refractivity contribution is 5.94. The standard InChI is InChI=1S/C30H44N2O5/c1-2-3-4-5-6-7-8-9-10-14-21-31-30(36)27-19-17-25(18-20-27)22-32(37-24-29(34)35)28(23-33)26-15-12-11-13-16-26/h11-13,15-20,28,33H,2-10,14,21-24H2,1H3,(H,31,36)(H,34,35). The van der Waals surface area contributed by atoms with Gasteiger partial charge in [-0.1, -0.05) is 107 Å². The highest BCUT2D eigenvalue weighted by Gasteiger charge is 2.22. The molecule has 7 nitrogen and oxygen atoms in total. The first-order valence-corrected chi connectivity index (χ1v) is 13.7. The molecule has 0 saturated heterocycles. The highest BCUT2D eigenvalue weighted by Crippen LogP contribution is 2.23. The maximum Gasteiger partial charge on any atom is 0.331 e. The number of hydrogen-bond donors (Lipinski definition) is 3. The summed E-state index contributed by atoms with van der Waals surface area (Å²) in [5, 5.41) is 23.5. The van der Waals surface area contributed by atoms with Crippen molar-refractivity contribution in [2.75, 3.05) is 19.8 Å². The molecular weight excluding hydrogens is 468 g/mol. The van der Waals surface area contributed by atoms with Crippen LogP contribution < -0.4 is 5.32 Å². The van der Waals surface area contributed by atoms with Crippen LogP contribution in [0.25, 0.3) is 0 Å². The lowest BCUT2D eigenvalue weighted by molar-refractivity contribution is -0.210. The Hall–Kier alpha value is -2.74. The van der Waals surface area contributed by atoms with Crippen molar-refractivity contribution < 1.29 is 24.6 Å². The number of rotatable bonds is 20. The summed E-state index contributed by atoms with van der Waals surface area (Å²) in [5.41, 5.74) is 2.24. The van der Waals surface area contributed by atoms with Gasteiger partial charge in [-0.15, -0.1) is 0 Å². The van der Waals surface area contributed by atoms with Crippen molar-refractivity contribution in [1.82, 2.24) is 10.4 Å².